The quantitative estimate of drug-likeness (QED) is 0.539. The highest BCUT2D eigenvalue weighted by molar-refractivity contribution is 7.90. The summed E-state index contributed by atoms with van der Waals surface area (Å²) in [7, 11) is -8.19. The average molecular weight is 334 g/mol. The van der Waals surface area contributed by atoms with Crippen LogP contribution in [0, 0.1) is 10.2 Å². The minimum atomic E-state index is -4.94. The maximum Gasteiger partial charge on any atom is 0.252 e. The first-order valence-electron chi connectivity index (χ1n) is 5.52. The Hall–Kier alpha value is -1.55. The summed E-state index contributed by atoms with van der Waals surface area (Å²) >= 11 is 0. The molecule has 0 fully saturated rings. The van der Waals surface area contributed by atoms with Crippen LogP contribution in [0.5, 0.6) is 0 Å². The van der Waals surface area contributed by atoms with E-state index in [1.165, 1.54) is 0 Å². The molecular weight excluding hydrogens is 322 g/mol. The number of pyridine rings is 1. The fourth-order valence-electron chi connectivity index (χ4n) is 1.42. The minimum Gasteiger partial charge on any atom is -0.222 e. The van der Waals surface area contributed by atoms with Crippen molar-refractivity contribution in [2.24, 2.45) is 0 Å². The molecule has 21 heavy (non-hydrogen) atoms. The number of nitrogens with zero attached hydrogens (tertiary/aromatic N) is 1. The van der Waals surface area contributed by atoms with Crippen LogP contribution < -0.4 is 23.2 Å². The maximum absolute atomic E-state index is 12.0. The smallest absolute Gasteiger partial charge is 0.222 e. The molecule has 7 nitrogen and oxygen atoms in total. The summed E-state index contributed by atoms with van der Waals surface area (Å²) in [6, 6.07) is 13.9. The lowest BCUT2D eigenvalue weighted by atomic mass is 10.4. The van der Waals surface area contributed by atoms with Gasteiger partial charge in [0.05, 0.1) is 4.90 Å². The second-order valence-corrected chi connectivity index (χ2v) is 6.54. The molecule has 2 aromatic rings. The molecule has 0 atom stereocenters. The van der Waals surface area contributed by atoms with Gasteiger partial charge in [-0.3, -0.25) is 0 Å². The SMILES string of the molecule is O=S(=O)(C[n+]1ccccc1)c1ccccc1.[O-][Cl+3]([O-])([O-])[O-]. The van der Waals surface area contributed by atoms with Gasteiger partial charge in [0.15, 0.2) is 12.4 Å². The van der Waals surface area contributed by atoms with Crippen molar-refractivity contribution in [3.8, 4) is 0 Å². The van der Waals surface area contributed by atoms with Crippen LogP contribution in [0.4, 0.5) is 0 Å². The van der Waals surface area contributed by atoms with Crippen LogP contribution >= 0.6 is 0 Å². The Kier molecular flexibility index (Phi) is 6.21. The van der Waals surface area contributed by atoms with Crippen molar-refractivity contribution >= 4 is 9.84 Å². The number of hydrogen-bond acceptors (Lipinski definition) is 6. The van der Waals surface area contributed by atoms with E-state index in [-0.39, 0.29) is 5.88 Å². The number of halogens is 1. The lowest BCUT2D eigenvalue weighted by Gasteiger charge is -2.17. The molecule has 0 radical (unpaired) electrons. The molecule has 1 heterocycles. The van der Waals surface area contributed by atoms with Crippen LogP contribution in [0.1, 0.15) is 0 Å². The van der Waals surface area contributed by atoms with Gasteiger partial charge in [-0.25, -0.2) is 27.1 Å². The van der Waals surface area contributed by atoms with E-state index in [4.69, 9.17) is 18.6 Å². The van der Waals surface area contributed by atoms with Gasteiger partial charge in [-0.2, -0.15) is 4.57 Å². The summed E-state index contributed by atoms with van der Waals surface area (Å²) in [5, 5.41) is 0. The molecule has 0 aliphatic carbocycles. The fraction of sp³-hybridized carbons (Fsp3) is 0.0833. The molecule has 0 unspecified atom stereocenters. The van der Waals surface area contributed by atoms with Crippen molar-refractivity contribution in [3.63, 3.8) is 0 Å². The first kappa shape index (κ1) is 17.5. The third kappa shape index (κ3) is 7.71. The number of sulfone groups is 1. The highest BCUT2D eigenvalue weighted by Gasteiger charge is 2.18. The van der Waals surface area contributed by atoms with E-state index in [1.54, 1.807) is 59.4 Å². The molecule has 0 amide bonds. The van der Waals surface area contributed by atoms with Gasteiger partial charge in [0.25, 0.3) is 5.88 Å². The number of aromatic nitrogens is 1. The molecule has 1 aromatic carbocycles. The van der Waals surface area contributed by atoms with Crippen molar-refractivity contribution in [2.75, 3.05) is 0 Å². The van der Waals surface area contributed by atoms with Gasteiger partial charge in [-0.05, 0) is 12.1 Å². The Balaban J connectivity index is 0.000000383. The number of rotatable bonds is 3. The van der Waals surface area contributed by atoms with E-state index in [2.05, 4.69) is 0 Å². The second-order valence-electron chi connectivity index (χ2n) is 3.82. The summed E-state index contributed by atoms with van der Waals surface area (Å²) in [6.45, 7) is 0. The summed E-state index contributed by atoms with van der Waals surface area (Å²) in [6.07, 6.45) is 3.47. The largest absolute Gasteiger partial charge is 0.252 e. The zero-order valence-corrected chi connectivity index (χ0v) is 12.2. The first-order valence-corrected chi connectivity index (χ1v) is 8.41. The van der Waals surface area contributed by atoms with Gasteiger partial charge < -0.3 is 0 Å². The normalized spacial score (nSPS) is 11.4. The van der Waals surface area contributed by atoms with Crippen molar-refractivity contribution in [1.29, 1.82) is 0 Å². The van der Waals surface area contributed by atoms with Gasteiger partial charge in [0, 0.05) is 12.1 Å². The number of benzene rings is 1. The highest BCUT2D eigenvalue weighted by Crippen LogP contribution is 2.09. The molecule has 2 rings (SSSR count). The molecule has 0 saturated heterocycles. The van der Waals surface area contributed by atoms with Crippen LogP contribution in [0.3, 0.4) is 0 Å². The van der Waals surface area contributed by atoms with E-state index in [1.807, 2.05) is 6.07 Å². The van der Waals surface area contributed by atoms with Crippen LogP contribution in [0.15, 0.2) is 65.8 Å². The van der Waals surface area contributed by atoms with Crippen LogP contribution in [-0.4, -0.2) is 8.42 Å². The highest BCUT2D eigenvalue weighted by atomic mass is 35.7. The summed E-state index contributed by atoms with van der Waals surface area (Å²) < 4.78 is 59.6. The molecule has 0 aliphatic heterocycles. The topological polar surface area (TPSA) is 130 Å². The Bertz CT molecular complexity index is 636. The predicted octanol–water partition coefficient (Wildman–Crippen LogP) is -3.35. The van der Waals surface area contributed by atoms with Crippen molar-refractivity contribution in [1.82, 2.24) is 0 Å². The van der Waals surface area contributed by atoms with Crippen LogP contribution in [0.2, 0.25) is 0 Å². The minimum absolute atomic E-state index is 0.0299. The molecule has 9 heteroatoms. The van der Waals surface area contributed by atoms with Crippen molar-refractivity contribution < 1.29 is 41.9 Å². The molecule has 0 N–H and O–H groups in total. The third-order valence-corrected chi connectivity index (χ3v) is 3.83. The average Bonchev–Trinajstić information content (AvgIpc) is 2.38. The van der Waals surface area contributed by atoms with Crippen LogP contribution in [0.25, 0.3) is 0 Å². The first-order chi connectivity index (χ1) is 9.68. The van der Waals surface area contributed by atoms with E-state index in [9.17, 15) is 8.42 Å². The van der Waals surface area contributed by atoms with Crippen molar-refractivity contribution in [3.05, 3.63) is 60.9 Å². The zero-order valence-electron chi connectivity index (χ0n) is 10.7. The monoisotopic (exact) mass is 333 g/mol. The zero-order chi connectivity index (χ0) is 15.9. The predicted molar refractivity (Wildman–Crippen MR) is 60.3 cm³/mol. The lowest BCUT2D eigenvalue weighted by molar-refractivity contribution is -2.00. The third-order valence-electron chi connectivity index (χ3n) is 2.20. The molecule has 1 aromatic heterocycles. The number of hydrogen-bond donors (Lipinski definition) is 0. The van der Waals surface area contributed by atoms with E-state index in [0.717, 1.165) is 0 Å². The summed E-state index contributed by atoms with van der Waals surface area (Å²) in [5.41, 5.74) is 0. The molecule has 0 bridgehead atoms. The Labute approximate surface area is 124 Å². The Morgan fingerprint density at radius 1 is 0.857 bits per heavy atom. The van der Waals surface area contributed by atoms with E-state index < -0.39 is 20.1 Å². The molecule has 114 valence electrons. The van der Waals surface area contributed by atoms with Crippen molar-refractivity contribution in [2.45, 2.75) is 10.8 Å². The van der Waals surface area contributed by atoms with Gasteiger partial charge >= 0.3 is 0 Å². The van der Waals surface area contributed by atoms with Crippen LogP contribution in [-0.2, 0) is 15.7 Å². The summed E-state index contributed by atoms with van der Waals surface area (Å²) in [5.74, 6) is -0.0299. The van der Waals surface area contributed by atoms with Gasteiger partial charge in [-0.15, -0.1) is 10.2 Å². The van der Waals surface area contributed by atoms with Gasteiger partial charge in [0.2, 0.25) is 9.84 Å². The Morgan fingerprint density at radius 2 is 1.29 bits per heavy atom. The standard InChI is InChI=1S/C12H12NO2S.ClHO4/c14-16(15,12-7-3-1-4-8-12)11-13-9-5-2-6-10-13;2-1(3,4)5/h1-10H,11H2;(H,2,3,4,5)/q+1;/p-1. The van der Waals surface area contributed by atoms with Gasteiger partial charge in [-0.1, -0.05) is 24.3 Å². The lowest BCUT2D eigenvalue weighted by Crippen LogP contribution is -2.68. The van der Waals surface area contributed by atoms with Gasteiger partial charge in [0.1, 0.15) is 0 Å². The Morgan fingerprint density at radius 3 is 1.76 bits per heavy atom. The second kappa shape index (κ2) is 7.46. The van der Waals surface area contributed by atoms with E-state index in [0.29, 0.717) is 4.90 Å². The fourth-order valence-corrected chi connectivity index (χ4v) is 2.70. The molecule has 0 saturated carbocycles. The van der Waals surface area contributed by atoms with E-state index >= 15 is 0 Å². The molecule has 0 aliphatic rings. The summed E-state index contributed by atoms with van der Waals surface area (Å²) in [4.78, 5) is 0.353. The maximum atomic E-state index is 12.0. The molecular formula is C12H12ClNO6S. The molecule has 0 spiro atoms.